The number of aliphatic imine (C=N–C) groups is 1. The first-order valence-electron chi connectivity index (χ1n) is 16.2. The molecule has 1 aromatic carbocycles. The Bertz CT molecular complexity index is 1010. The second-order valence-electron chi connectivity index (χ2n) is 11.9. The molecule has 0 bridgehead atoms. The van der Waals surface area contributed by atoms with Gasteiger partial charge in [-0.1, -0.05) is 90.5 Å². The maximum absolute atomic E-state index is 13.6. The number of piperidine rings is 1. The number of allylic oxidation sites excluding steroid dienone is 1. The maximum atomic E-state index is 13.6. The summed E-state index contributed by atoms with van der Waals surface area (Å²) < 4.78 is 13.6. The molecule has 3 rings (SSSR count). The average molecular weight is 588 g/mol. The zero-order valence-electron chi connectivity index (χ0n) is 27.3. The molecule has 42 heavy (non-hydrogen) atoms. The summed E-state index contributed by atoms with van der Waals surface area (Å²) in [7, 11) is 0. The number of aliphatic hydroxyl groups is 1. The Morgan fingerprint density at radius 3 is 2.38 bits per heavy atom. The first kappa shape index (κ1) is 37.5. The van der Waals surface area contributed by atoms with E-state index in [-0.39, 0.29) is 37.5 Å². The van der Waals surface area contributed by atoms with E-state index in [4.69, 9.17) is 5.73 Å². The fraction of sp³-hybridized carbons (Fsp3) is 0.686. The number of aliphatic hydroxyl groups excluding tert-OH is 1. The summed E-state index contributed by atoms with van der Waals surface area (Å²) in [6.45, 7) is 13.0. The minimum atomic E-state index is -1.44. The van der Waals surface area contributed by atoms with Crippen LogP contribution in [0.2, 0.25) is 0 Å². The Kier molecular flexibility index (Phi) is 18.9. The molecule has 1 amide bonds. The predicted molar refractivity (Wildman–Crippen MR) is 174 cm³/mol. The molecule has 1 aliphatic heterocycles. The number of Topliss-reactive ketones (excluding diaryl/α,β-unsaturated/α-hetero) is 1. The van der Waals surface area contributed by atoms with Gasteiger partial charge in [-0.25, -0.2) is 4.39 Å². The monoisotopic (exact) mass is 587 g/mol. The molecular weight excluding hydrogens is 529 g/mol. The van der Waals surface area contributed by atoms with Crippen LogP contribution in [0.5, 0.6) is 0 Å². The molecule has 3 N–H and O–H groups in total. The van der Waals surface area contributed by atoms with Crippen LogP contribution in [0.3, 0.4) is 0 Å². The first-order chi connectivity index (χ1) is 20.0. The lowest BCUT2D eigenvalue weighted by Gasteiger charge is -2.33. The summed E-state index contributed by atoms with van der Waals surface area (Å²) in [5.41, 5.74) is 10.4. The van der Waals surface area contributed by atoms with Gasteiger partial charge in [0.1, 0.15) is 11.9 Å². The van der Waals surface area contributed by atoms with E-state index in [9.17, 15) is 19.1 Å². The minimum Gasteiger partial charge on any atom is -0.394 e. The summed E-state index contributed by atoms with van der Waals surface area (Å²) in [6, 6.07) is 8.58. The number of aryl methyl sites for hydroxylation is 2. The molecule has 1 saturated carbocycles. The second kappa shape index (κ2) is 21.2. The van der Waals surface area contributed by atoms with Crippen LogP contribution >= 0.6 is 0 Å². The predicted octanol–water partition coefficient (Wildman–Crippen LogP) is 7.29. The van der Waals surface area contributed by atoms with Crippen LogP contribution in [0.4, 0.5) is 4.39 Å². The van der Waals surface area contributed by atoms with Gasteiger partial charge in [-0.05, 0) is 69.4 Å². The smallest absolute Gasteiger partial charge is 0.270 e. The van der Waals surface area contributed by atoms with Gasteiger partial charge >= 0.3 is 0 Å². The molecule has 7 heteroatoms. The van der Waals surface area contributed by atoms with Gasteiger partial charge in [0.25, 0.3) is 5.91 Å². The molecule has 0 spiro atoms. The van der Waals surface area contributed by atoms with E-state index in [0.717, 1.165) is 18.8 Å². The number of nitrogens with two attached hydrogens (primary N) is 1. The van der Waals surface area contributed by atoms with Crippen molar-refractivity contribution >= 4 is 17.4 Å². The van der Waals surface area contributed by atoms with E-state index in [1.54, 1.807) is 0 Å². The van der Waals surface area contributed by atoms with E-state index < -0.39 is 18.2 Å². The van der Waals surface area contributed by atoms with Gasteiger partial charge in [0.05, 0.1) is 19.2 Å². The van der Waals surface area contributed by atoms with Crippen molar-refractivity contribution in [3.05, 3.63) is 46.7 Å². The van der Waals surface area contributed by atoms with Crippen molar-refractivity contribution in [3.8, 4) is 0 Å². The number of unbranched alkanes of at least 4 members (excludes halogenated alkanes) is 1. The third-order valence-corrected chi connectivity index (χ3v) is 7.89. The van der Waals surface area contributed by atoms with Crippen LogP contribution in [0, 0.1) is 12.8 Å². The van der Waals surface area contributed by atoms with Gasteiger partial charge in [0.2, 0.25) is 0 Å². The number of ketones is 1. The van der Waals surface area contributed by atoms with Gasteiger partial charge in [-0.3, -0.25) is 14.6 Å². The van der Waals surface area contributed by atoms with Crippen molar-refractivity contribution in [1.29, 1.82) is 0 Å². The van der Waals surface area contributed by atoms with E-state index >= 15 is 0 Å². The number of likely N-dealkylation sites (tertiary alicyclic amines) is 1. The van der Waals surface area contributed by atoms with E-state index in [2.05, 4.69) is 63.9 Å². The standard InChI is InChI=1S/C16H24FN3O3.C10H14.C9H20/c1-10(21)8-19-13-5-3-2-4-11(13)15(18)16(23)20-7-6-14(22)12(17)9-20;1-3-6-10-8-5-4-7-9(10)2;1-4-6-8-9(3)7-5-2/h12,14,22H,2-9,18H2,1H3;4-5,7-8H,3,6H2,1-2H3;9H,4-8H2,1-3H3/b15-11-,19-13?;;. The minimum absolute atomic E-state index is 0.0439. The highest BCUT2D eigenvalue weighted by Gasteiger charge is 2.32. The summed E-state index contributed by atoms with van der Waals surface area (Å²) >= 11 is 0. The molecule has 1 aromatic rings. The molecule has 0 aromatic heterocycles. The fourth-order valence-corrected chi connectivity index (χ4v) is 5.29. The van der Waals surface area contributed by atoms with Crippen molar-refractivity contribution in [3.63, 3.8) is 0 Å². The highest BCUT2D eigenvalue weighted by Crippen LogP contribution is 2.24. The molecule has 1 aliphatic carbocycles. The Morgan fingerprint density at radius 1 is 1.10 bits per heavy atom. The number of amides is 1. The Hall–Kier alpha value is -2.54. The lowest BCUT2D eigenvalue weighted by Crippen LogP contribution is -2.48. The largest absolute Gasteiger partial charge is 0.394 e. The molecule has 0 radical (unpaired) electrons. The summed E-state index contributed by atoms with van der Waals surface area (Å²) in [5.74, 6) is 0.513. The van der Waals surface area contributed by atoms with Crippen molar-refractivity contribution in [2.45, 2.75) is 131 Å². The third kappa shape index (κ3) is 14.1. The molecular formula is C35H58FN3O3. The highest BCUT2D eigenvalue weighted by atomic mass is 19.1. The number of carbonyl (C=O) groups is 2. The number of nitrogens with zero attached hydrogens (tertiary/aromatic N) is 2. The van der Waals surface area contributed by atoms with Crippen LogP contribution in [0.25, 0.3) is 0 Å². The molecule has 2 fully saturated rings. The molecule has 238 valence electrons. The molecule has 3 unspecified atom stereocenters. The van der Waals surface area contributed by atoms with Crippen molar-refractivity contribution in [2.75, 3.05) is 19.6 Å². The zero-order chi connectivity index (χ0) is 31.5. The Morgan fingerprint density at radius 2 is 1.79 bits per heavy atom. The number of hydrogen-bond acceptors (Lipinski definition) is 5. The van der Waals surface area contributed by atoms with Gasteiger partial charge in [-0.2, -0.15) is 0 Å². The van der Waals surface area contributed by atoms with Gasteiger partial charge in [-0.15, -0.1) is 0 Å². The molecule has 6 nitrogen and oxygen atoms in total. The van der Waals surface area contributed by atoms with Gasteiger partial charge in [0, 0.05) is 17.8 Å². The highest BCUT2D eigenvalue weighted by molar-refractivity contribution is 6.08. The SMILES string of the molecule is CC(=O)CN=C1CCCC/C1=C(/N)C(=O)N1CCC(O)C(F)C1.CCCCC(C)CCC.CCCc1ccccc1C. The topological polar surface area (TPSA) is 96.0 Å². The molecule has 2 aliphatic rings. The maximum Gasteiger partial charge on any atom is 0.270 e. The number of halogens is 1. The lowest BCUT2D eigenvalue weighted by atomic mass is 9.90. The van der Waals surface area contributed by atoms with E-state index in [1.807, 2.05) is 0 Å². The van der Waals surface area contributed by atoms with Crippen LogP contribution in [-0.4, -0.2) is 59.3 Å². The third-order valence-electron chi connectivity index (χ3n) is 7.89. The van der Waals surface area contributed by atoms with Crippen LogP contribution < -0.4 is 5.73 Å². The van der Waals surface area contributed by atoms with Crippen molar-refractivity contribution in [2.24, 2.45) is 16.6 Å². The van der Waals surface area contributed by atoms with E-state index in [0.29, 0.717) is 24.1 Å². The molecule has 1 saturated heterocycles. The average Bonchev–Trinajstić information content (AvgIpc) is 2.98. The normalized spacial score (nSPS) is 21.4. The molecule has 3 atom stereocenters. The summed E-state index contributed by atoms with van der Waals surface area (Å²) in [6.07, 6.45) is 10.4. The quantitative estimate of drug-likeness (QED) is 0.281. The lowest BCUT2D eigenvalue weighted by molar-refractivity contribution is -0.131. The Labute approximate surface area is 255 Å². The van der Waals surface area contributed by atoms with E-state index in [1.165, 1.54) is 67.9 Å². The van der Waals surface area contributed by atoms with Crippen LogP contribution in [0.1, 0.15) is 116 Å². The number of benzene rings is 1. The second-order valence-corrected chi connectivity index (χ2v) is 11.9. The number of rotatable bonds is 10. The number of hydrogen-bond donors (Lipinski definition) is 2. The van der Waals surface area contributed by atoms with Crippen LogP contribution in [-0.2, 0) is 16.0 Å². The molecule has 1 heterocycles. The number of carbonyl (C=O) groups excluding carboxylic acids is 2. The zero-order valence-corrected chi connectivity index (χ0v) is 27.3. The van der Waals surface area contributed by atoms with Gasteiger partial charge in [0.15, 0.2) is 5.78 Å². The van der Waals surface area contributed by atoms with Crippen molar-refractivity contribution < 1.29 is 19.1 Å². The van der Waals surface area contributed by atoms with Crippen LogP contribution in [0.15, 0.2) is 40.5 Å². The van der Waals surface area contributed by atoms with Crippen molar-refractivity contribution in [1.82, 2.24) is 4.90 Å². The summed E-state index contributed by atoms with van der Waals surface area (Å²) in [5, 5.41) is 9.42. The fourth-order valence-electron chi connectivity index (χ4n) is 5.29. The summed E-state index contributed by atoms with van der Waals surface area (Å²) in [4.78, 5) is 29.3. The number of alkyl halides is 1. The van der Waals surface area contributed by atoms with Gasteiger partial charge < -0.3 is 15.7 Å². The Balaban J connectivity index is 0.000000382. The first-order valence-corrected chi connectivity index (χ1v) is 16.2.